The molecule has 0 spiro atoms. The second kappa shape index (κ2) is 8.48. The van der Waals surface area contributed by atoms with E-state index in [9.17, 15) is 4.79 Å². The first-order valence-corrected chi connectivity index (χ1v) is 7.23. The molecule has 0 unspecified atom stereocenters. The Hall–Kier alpha value is -2.95. The average molecular weight is 312 g/mol. The summed E-state index contributed by atoms with van der Waals surface area (Å²) in [7, 11) is 1.60. The minimum absolute atomic E-state index is 0.123. The molecule has 0 aromatic heterocycles. The summed E-state index contributed by atoms with van der Waals surface area (Å²) in [4.78, 5) is 11.9. The number of methoxy groups -OCH3 is 1. The van der Waals surface area contributed by atoms with Crippen molar-refractivity contribution in [3.63, 3.8) is 0 Å². The monoisotopic (exact) mass is 312 g/mol. The number of hydrogen-bond acceptors (Lipinski definition) is 4. The molecule has 23 heavy (non-hydrogen) atoms. The summed E-state index contributed by atoms with van der Waals surface area (Å²) in [6, 6.07) is 14.6. The molecule has 0 aliphatic rings. The van der Waals surface area contributed by atoms with E-state index in [2.05, 4.69) is 17.2 Å². The fourth-order valence-electron chi connectivity index (χ4n) is 1.89. The minimum Gasteiger partial charge on any atom is -0.497 e. The molecule has 1 amide bonds. The summed E-state index contributed by atoms with van der Waals surface area (Å²) in [6.45, 7) is 4.25. The number of rotatable bonds is 8. The lowest BCUT2D eigenvalue weighted by molar-refractivity contribution is -0.114. The van der Waals surface area contributed by atoms with E-state index in [0.29, 0.717) is 6.61 Å². The van der Waals surface area contributed by atoms with Crippen LogP contribution in [0.15, 0.2) is 61.2 Å². The topological polar surface area (TPSA) is 59.6 Å². The highest BCUT2D eigenvalue weighted by atomic mass is 16.5. The fourth-order valence-corrected chi connectivity index (χ4v) is 1.89. The van der Waals surface area contributed by atoms with Gasteiger partial charge in [0.2, 0.25) is 5.91 Å². The largest absolute Gasteiger partial charge is 0.497 e. The van der Waals surface area contributed by atoms with Crippen LogP contribution in [0.1, 0.15) is 0 Å². The molecule has 0 bridgehead atoms. The molecule has 0 aliphatic heterocycles. The van der Waals surface area contributed by atoms with E-state index < -0.39 is 0 Å². The molecule has 2 N–H and O–H groups in total. The Bertz CT molecular complexity index is 636. The molecule has 0 fully saturated rings. The Morgan fingerprint density at radius 2 is 1.65 bits per heavy atom. The van der Waals surface area contributed by atoms with Crippen LogP contribution >= 0.6 is 0 Å². The Labute approximate surface area is 135 Å². The SMILES string of the molecule is C=CCOc1ccc(NCC(=O)Nc2ccc(OC)cc2)cc1. The Balaban J connectivity index is 1.80. The molecule has 0 aliphatic carbocycles. The van der Waals surface area contributed by atoms with Crippen molar-refractivity contribution in [1.82, 2.24) is 0 Å². The van der Waals surface area contributed by atoms with Crippen LogP contribution < -0.4 is 20.1 Å². The van der Waals surface area contributed by atoms with Gasteiger partial charge in [-0.3, -0.25) is 4.79 Å². The van der Waals surface area contributed by atoms with Crippen LogP contribution in [-0.2, 0) is 4.79 Å². The number of carbonyl (C=O) groups excluding carboxylic acids is 1. The number of nitrogens with one attached hydrogen (secondary N) is 2. The standard InChI is InChI=1S/C18H20N2O3/c1-3-12-23-17-10-4-14(5-11-17)19-13-18(21)20-15-6-8-16(22-2)9-7-15/h3-11,19H,1,12-13H2,2H3,(H,20,21). The third kappa shape index (κ3) is 5.39. The van der Waals surface area contributed by atoms with Crippen LogP contribution in [0.3, 0.4) is 0 Å². The highest BCUT2D eigenvalue weighted by molar-refractivity contribution is 5.93. The van der Waals surface area contributed by atoms with Crippen LogP contribution in [0, 0.1) is 0 Å². The van der Waals surface area contributed by atoms with Crippen molar-refractivity contribution in [1.29, 1.82) is 0 Å². The highest BCUT2D eigenvalue weighted by Crippen LogP contribution is 2.16. The van der Waals surface area contributed by atoms with Crippen LogP contribution in [0.2, 0.25) is 0 Å². The van der Waals surface area contributed by atoms with Crippen molar-refractivity contribution in [3.05, 3.63) is 61.2 Å². The molecule has 2 rings (SSSR count). The lowest BCUT2D eigenvalue weighted by atomic mass is 10.3. The van der Waals surface area contributed by atoms with Crippen molar-refractivity contribution in [3.8, 4) is 11.5 Å². The van der Waals surface area contributed by atoms with Crippen molar-refractivity contribution in [2.24, 2.45) is 0 Å². The average Bonchev–Trinajstić information content (AvgIpc) is 2.59. The van der Waals surface area contributed by atoms with Gasteiger partial charge in [0.25, 0.3) is 0 Å². The zero-order valence-electron chi connectivity index (χ0n) is 13.0. The van der Waals surface area contributed by atoms with Crippen molar-refractivity contribution in [2.75, 3.05) is 30.9 Å². The van der Waals surface area contributed by atoms with E-state index in [1.165, 1.54) is 0 Å². The van der Waals surface area contributed by atoms with Gasteiger partial charge in [0.1, 0.15) is 18.1 Å². The van der Waals surface area contributed by atoms with E-state index in [-0.39, 0.29) is 12.5 Å². The third-order valence-electron chi connectivity index (χ3n) is 3.05. The van der Waals surface area contributed by atoms with Crippen molar-refractivity contribution < 1.29 is 14.3 Å². The predicted octanol–water partition coefficient (Wildman–Crippen LogP) is 3.31. The van der Waals surface area contributed by atoms with Gasteiger partial charge in [-0.1, -0.05) is 12.7 Å². The van der Waals surface area contributed by atoms with Gasteiger partial charge >= 0.3 is 0 Å². The zero-order chi connectivity index (χ0) is 16.5. The molecule has 0 saturated heterocycles. The summed E-state index contributed by atoms with van der Waals surface area (Å²) in [5.74, 6) is 1.39. The van der Waals surface area contributed by atoms with Gasteiger partial charge in [0, 0.05) is 11.4 Å². The molecule has 0 radical (unpaired) electrons. The van der Waals surface area contributed by atoms with E-state index in [4.69, 9.17) is 9.47 Å². The maximum atomic E-state index is 11.9. The molecule has 0 saturated carbocycles. The quantitative estimate of drug-likeness (QED) is 0.734. The van der Waals surface area contributed by atoms with E-state index in [1.54, 1.807) is 37.5 Å². The number of amides is 1. The van der Waals surface area contributed by atoms with Gasteiger partial charge in [-0.05, 0) is 48.5 Å². The molecule has 5 heteroatoms. The van der Waals surface area contributed by atoms with E-state index in [1.807, 2.05) is 24.3 Å². The summed E-state index contributed by atoms with van der Waals surface area (Å²) in [5, 5.41) is 5.87. The van der Waals surface area contributed by atoms with Crippen molar-refractivity contribution >= 4 is 17.3 Å². The maximum absolute atomic E-state index is 11.9. The summed E-state index contributed by atoms with van der Waals surface area (Å²) in [6.07, 6.45) is 1.69. The molecule has 2 aromatic carbocycles. The van der Waals surface area contributed by atoms with Gasteiger partial charge in [0.15, 0.2) is 0 Å². The normalized spacial score (nSPS) is 9.78. The van der Waals surface area contributed by atoms with Crippen LogP contribution in [0.4, 0.5) is 11.4 Å². The molecule has 0 heterocycles. The first-order chi connectivity index (χ1) is 11.2. The van der Waals surface area contributed by atoms with E-state index >= 15 is 0 Å². The fraction of sp³-hybridized carbons (Fsp3) is 0.167. The second-order valence-corrected chi connectivity index (χ2v) is 4.75. The van der Waals surface area contributed by atoms with Gasteiger partial charge in [-0.25, -0.2) is 0 Å². The second-order valence-electron chi connectivity index (χ2n) is 4.75. The van der Waals surface area contributed by atoms with Gasteiger partial charge < -0.3 is 20.1 Å². The smallest absolute Gasteiger partial charge is 0.243 e. The number of hydrogen-bond donors (Lipinski definition) is 2. The minimum atomic E-state index is -0.123. The number of benzene rings is 2. The van der Waals surface area contributed by atoms with Crippen LogP contribution in [0.25, 0.3) is 0 Å². The molecule has 5 nitrogen and oxygen atoms in total. The number of anilines is 2. The van der Waals surface area contributed by atoms with Gasteiger partial charge in [-0.2, -0.15) is 0 Å². The third-order valence-corrected chi connectivity index (χ3v) is 3.05. The van der Waals surface area contributed by atoms with E-state index in [0.717, 1.165) is 22.9 Å². The lowest BCUT2D eigenvalue weighted by Crippen LogP contribution is -2.21. The maximum Gasteiger partial charge on any atom is 0.243 e. The molecular weight excluding hydrogens is 292 g/mol. The Morgan fingerprint density at radius 3 is 2.26 bits per heavy atom. The summed E-state index contributed by atoms with van der Waals surface area (Å²) >= 11 is 0. The highest BCUT2D eigenvalue weighted by Gasteiger charge is 2.03. The summed E-state index contributed by atoms with van der Waals surface area (Å²) < 4.78 is 10.5. The molecule has 0 atom stereocenters. The van der Waals surface area contributed by atoms with Crippen LogP contribution in [0.5, 0.6) is 11.5 Å². The van der Waals surface area contributed by atoms with Gasteiger partial charge in [0.05, 0.1) is 13.7 Å². The van der Waals surface area contributed by atoms with Crippen LogP contribution in [-0.4, -0.2) is 26.2 Å². The first kappa shape index (κ1) is 16.4. The van der Waals surface area contributed by atoms with Crippen molar-refractivity contribution in [2.45, 2.75) is 0 Å². The van der Waals surface area contributed by atoms with Gasteiger partial charge in [-0.15, -0.1) is 0 Å². The predicted molar refractivity (Wildman–Crippen MR) is 92.2 cm³/mol. The lowest BCUT2D eigenvalue weighted by Gasteiger charge is -2.09. The molecular formula is C18H20N2O3. The summed E-state index contributed by atoms with van der Waals surface area (Å²) in [5.41, 5.74) is 1.58. The molecule has 120 valence electrons. The first-order valence-electron chi connectivity index (χ1n) is 7.23. The molecule has 2 aromatic rings. The Morgan fingerprint density at radius 1 is 1.04 bits per heavy atom. The number of ether oxygens (including phenoxy) is 2. The number of carbonyl (C=O) groups is 1. The zero-order valence-corrected chi connectivity index (χ0v) is 13.0. The Kier molecular flexibility index (Phi) is 6.06.